The number of ether oxygens (including phenoxy) is 1. The van der Waals surface area contributed by atoms with E-state index in [0.29, 0.717) is 29.8 Å². The van der Waals surface area contributed by atoms with Gasteiger partial charge in [0.2, 0.25) is 5.95 Å². The van der Waals surface area contributed by atoms with E-state index in [4.69, 9.17) is 21.3 Å². The molecule has 1 spiro atoms. The number of nitrogens with zero attached hydrogens (tertiary/aromatic N) is 5. The van der Waals surface area contributed by atoms with Crippen LogP contribution in [-0.4, -0.2) is 46.0 Å². The van der Waals surface area contributed by atoms with Crippen molar-refractivity contribution in [1.82, 2.24) is 19.9 Å². The molecule has 3 aliphatic heterocycles. The summed E-state index contributed by atoms with van der Waals surface area (Å²) in [5, 5.41) is 3.84. The first-order valence-electron chi connectivity index (χ1n) is 12.6. The van der Waals surface area contributed by atoms with Gasteiger partial charge in [0.15, 0.2) is 11.4 Å². The lowest BCUT2D eigenvalue weighted by Gasteiger charge is -2.37. The van der Waals surface area contributed by atoms with Crippen LogP contribution in [0.15, 0.2) is 67.0 Å². The Balaban J connectivity index is 1.26. The van der Waals surface area contributed by atoms with E-state index < -0.39 is 5.60 Å². The minimum Gasteiger partial charge on any atom is -0.451 e. The van der Waals surface area contributed by atoms with Crippen LogP contribution in [0.5, 0.6) is 0 Å². The van der Waals surface area contributed by atoms with Crippen molar-refractivity contribution in [3.63, 3.8) is 0 Å². The van der Waals surface area contributed by atoms with E-state index >= 15 is 0 Å². The highest BCUT2D eigenvalue weighted by molar-refractivity contribution is 6.33. The van der Waals surface area contributed by atoms with E-state index in [2.05, 4.69) is 39.4 Å². The molecule has 0 saturated carbocycles. The summed E-state index contributed by atoms with van der Waals surface area (Å²) < 4.78 is 5.66. The Morgan fingerprint density at radius 3 is 2.76 bits per heavy atom. The second kappa shape index (κ2) is 8.79. The van der Waals surface area contributed by atoms with E-state index in [1.807, 2.05) is 53.6 Å². The number of carbonyl (C=O) groups is 1. The summed E-state index contributed by atoms with van der Waals surface area (Å²) in [5.41, 5.74) is 6.80. The first-order chi connectivity index (χ1) is 18.5. The standard InChI is InChI=1S/C29H25ClN6O2/c1-35-11-9-20-18(16-35)12-19(13-21(20)24-7-4-5-10-31-24)33-28-32-15-23(30)27(34-28)36-17-29(14-26(37)38-29)22-6-2-3-8-25(22)36/h2-8,10,12-13,15H,9,11,14,16-17H2,1H3,(H,32,33,34). The second-order valence-corrected chi connectivity index (χ2v) is 10.5. The Morgan fingerprint density at radius 2 is 1.95 bits per heavy atom. The van der Waals surface area contributed by atoms with Crippen molar-refractivity contribution in [2.24, 2.45) is 0 Å². The molecule has 1 atom stereocenters. The molecule has 3 aliphatic rings. The molecule has 1 unspecified atom stereocenters. The molecular weight excluding hydrogens is 500 g/mol. The second-order valence-electron chi connectivity index (χ2n) is 10.1. The van der Waals surface area contributed by atoms with Gasteiger partial charge in [-0.2, -0.15) is 4.98 Å². The van der Waals surface area contributed by atoms with Gasteiger partial charge in [-0.1, -0.05) is 35.9 Å². The third-order valence-corrected chi connectivity index (χ3v) is 7.81. The Labute approximate surface area is 225 Å². The molecule has 0 amide bonds. The number of aromatic nitrogens is 3. The number of esters is 1. The quantitative estimate of drug-likeness (QED) is 0.364. The largest absolute Gasteiger partial charge is 0.451 e. The average molecular weight is 525 g/mol. The maximum Gasteiger partial charge on any atom is 0.311 e. The molecule has 1 saturated heterocycles. The van der Waals surface area contributed by atoms with Crippen LogP contribution in [0.3, 0.4) is 0 Å². The Kier molecular flexibility index (Phi) is 5.35. The maximum absolute atomic E-state index is 11.8. The van der Waals surface area contributed by atoms with Gasteiger partial charge in [0.25, 0.3) is 0 Å². The van der Waals surface area contributed by atoms with Crippen LogP contribution < -0.4 is 10.2 Å². The number of fused-ring (bicyclic) bond motifs is 3. The Morgan fingerprint density at radius 1 is 1.11 bits per heavy atom. The first kappa shape index (κ1) is 23.1. The molecule has 9 heteroatoms. The normalized spacial score (nSPS) is 20.1. The van der Waals surface area contributed by atoms with Crippen LogP contribution >= 0.6 is 11.6 Å². The van der Waals surface area contributed by atoms with Crippen LogP contribution in [0.25, 0.3) is 11.3 Å². The van der Waals surface area contributed by atoms with E-state index in [9.17, 15) is 4.79 Å². The third kappa shape index (κ3) is 3.79. The molecule has 2 aromatic carbocycles. The van der Waals surface area contributed by atoms with Gasteiger partial charge >= 0.3 is 5.97 Å². The lowest BCUT2D eigenvalue weighted by atomic mass is 9.88. The van der Waals surface area contributed by atoms with Crippen molar-refractivity contribution in [1.29, 1.82) is 0 Å². The van der Waals surface area contributed by atoms with Crippen LogP contribution in [0, 0.1) is 0 Å². The van der Waals surface area contributed by atoms with Crippen molar-refractivity contribution in [2.75, 3.05) is 30.4 Å². The van der Waals surface area contributed by atoms with E-state index in [1.165, 1.54) is 11.1 Å². The number of carbonyl (C=O) groups excluding carboxylic acids is 1. The summed E-state index contributed by atoms with van der Waals surface area (Å²) in [5.74, 6) is 0.808. The van der Waals surface area contributed by atoms with Crippen molar-refractivity contribution >= 4 is 40.7 Å². The molecule has 7 rings (SSSR count). The molecule has 190 valence electrons. The van der Waals surface area contributed by atoms with Gasteiger partial charge in [-0.05, 0) is 54.9 Å². The van der Waals surface area contributed by atoms with Gasteiger partial charge in [0.05, 0.1) is 24.9 Å². The van der Waals surface area contributed by atoms with Gasteiger partial charge in [-0.3, -0.25) is 9.78 Å². The fourth-order valence-corrected chi connectivity index (χ4v) is 5.98. The van der Waals surface area contributed by atoms with E-state index in [-0.39, 0.29) is 5.97 Å². The fraction of sp³-hybridized carbons (Fsp3) is 0.241. The fourth-order valence-electron chi connectivity index (χ4n) is 5.79. The Hall–Kier alpha value is -4.01. The predicted molar refractivity (Wildman–Crippen MR) is 146 cm³/mol. The van der Waals surface area contributed by atoms with Crippen LogP contribution in [-0.2, 0) is 28.1 Å². The zero-order valence-electron chi connectivity index (χ0n) is 20.8. The summed E-state index contributed by atoms with van der Waals surface area (Å²) >= 11 is 6.63. The third-order valence-electron chi connectivity index (χ3n) is 7.54. The van der Waals surface area contributed by atoms with Crippen LogP contribution in [0.2, 0.25) is 5.02 Å². The number of halogens is 1. The molecule has 5 heterocycles. The SMILES string of the molecule is CN1CCc2c(cc(Nc3ncc(Cl)c(N4CC5(CC(=O)O5)c5ccccc54)n3)cc2-c2ccccn2)C1. The number of hydrogen-bond donors (Lipinski definition) is 1. The van der Waals surface area contributed by atoms with Gasteiger partial charge < -0.3 is 19.9 Å². The summed E-state index contributed by atoms with van der Waals surface area (Å²) in [7, 11) is 2.14. The van der Waals surface area contributed by atoms with Gasteiger partial charge in [-0.15, -0.1) is 0 Å². The molecule has 0 bridgehead atoms. The van der Waals surface area contributed by atoms with E-state index in [0.717, 1.165) is 47.7 Å². The van der Waals surface area contributed by atoms with E-state index in [1.54, 1.807) is 6.20 Å². The van der Waals surface area contributed by atoms with Crippen molar-refractivity contribution < 1.29 is 9.53 Å². The molecule has 1 N–H and O–H groups in total. The topological polar surface area (TPSA) is 83.5 Å². The lowest BCUT2D eigenvalue weighted by molar-refractivity contribution is -0.190. The number of para-hydroxylation sites is 1. The average Bonchev–Trinajstić information content (AvgIpc) is 3.25. The summed E-state index contributed by atoms with van der Waals surface area (Å²) in [6.45, 7) is 2.34. The zero-order chi connectivity index (χ0) is 25.9. The molecular formula is C29H25ClN6O2. The minimum atomic E-state index is -0.655. The lowest BCUT2D eigenvalue weighted by Crippen LogP contribution is -2.47. The molecule has 4 aromatic rings. The molecule has 2 aromatic heterocycles. The number of rotatable bonds is 4. The summed E-state index contributed by atoms with van der Waals surface area (Å²) in [6, 6.07) is 18.2. The highest BCUT2D eigenvalue weighted by Crippen LogP contribution is 2.51. The smallest absolute Gasteiger partial charge is 0.311 e. The summed E-state index contributed by atoms with van der Waals surface area (Å²) in [4.78, 5) is 30.0. The highest BCUT2D eigenvalue weighted by atomic mass is 35.5. The number of pyridine rings is 1. The Bertz CT molecular complexity index is 1570. The predicted octanol–water partition coefficient (Wildman–Crippen LogP) is 5.22. The molecule has 1 fully saturated rings. The van der Waals surface area contributed by atoms with Gasteiger partial charge in [-0.25, -0.2) is 4.98 Å². The maximum atomic E-state index is 11.8. The van der Waals surface area contributed by atoms with Gasteiger partial charge in [0, 0.05) is 41.8 Å². The highest BCUT2D eigenvalue weighted by Gasteiger charge is 2.55. The monoisotopic (exact) mass is 524 g/mol. The zero-order valence-corrected chi connectivity index (χ0v) is 21.6. The molecule has 0 aliphatic carbocycles. The molecule has 38 heavy (non-hydrogen) atoms. The molecule has 0 radical (unpaired) electrons. The first-order valence-corrected chi connectivity index (χ1v) is 13.0. The van der Waals surface area contributed by atoms with Gasteiger partial charge in [0.1, 0.15) is 5.02 Å². The van der Waals surface area contributed by atoms with Crippen LogP contribution in [0.4, 0.5) is 23.1 Å². The van der Waals surface area contributed by atoms with Crippen molar-refractivity contribution in [3.8, 4) is 11.3 Å². The summed E-state index contributed by atoms with van der Waals surface area (Å²) in [6.07, 6.45) is 4.75. The number of hydrogen-bond acceptors (Lipinski definition) is 8. The molecule has 8 nitrogen and oxygen atoms in total. The number of likely N-dealkylation sites (N-methyl/N-ethyl adjacent to an activating group) is 1. The van der Waals surface area contributed by atoms with Crippen molar-refractivity contribution in [3.05, 3.63) is 88.7 Å². The number of nitrogens with one attached hydrogen (secondary N) is 1. The minimum absolute atomic E-state index is 0.195. The van der Waals surface area contributed by atoms with Crippen LogP contribution in [0.1, 0.15) is 23.1 Å². The number of benzene rings is 2. The number of anilines is 4. The van der Waals surface area contributed by atoms with Crippen molar-refractivity contribution in [2.45, 2.75) is 25.0 Å².